The number of carboxylic acids is 1. The lowest BCUT2D eigenvalue weighted by molar-refractivity contribution is -0.137. The fourth-order valence-electron chi connectivity index (χ4n) is 1.58. The Bertz CT molecular complexity index is 616. The number of hydrogen-bond donors (Lipinski definition) is 2. The molecule has 1 aromatic carbocycles. The van der Waals surface area contributed by atoms with E-state index in [2.05, 4.69) is 4.72 Å². The van der Waals surface area contributed by atoms with Crippen molar-refractivity contribution in [2.45, 2.75) is 37.1 Å². The maximum absolute atomic E-state index is 13.6. The zero-order valence-electron chi connectivity index (χ0n) is 11.0. The van der Waals surface area contributed by atoms with Gasteiger partial charge in [-0.15, -0.1) is 0 Å². The summed E-state index contributed by atoms with van der Waals surface area (Å²) in [5.74, 6) is -1.99. The van der Waals surface area contributed by atoms with Gasteiger partial charge < -0.3 is 5.11 Å². The number of rotatable bonds is 6. The van der Waals surface area contributed by atoms with Crippen LogP contribution in [0.5, 0.6) is 0 Å². The fourth-order valence-corrected chi connectivity index (χ4v) is 3.24. The molecule has 8 heteroatoms. The van der Waals surface area contributed by atoms with E-state index in [0.29, 0.717) is 0 Å². The van der Waals surface area contributed by atoms with Gasteiger partial charge in [-0.05, 0) is 38.5 Å². The largest absolute Gasteiger partial charge is 0.481 e. The molecule has 0 saturated carbocycles. The quantitative estimate of drug-likeness (QED) is 0.842. The number of carbonyl (C=O) groups is 1. The van der Waals surface area contributed by atoms with Crippen LogP contribution < -0.4 is 4.72 Å². The molecule has 2 N–H and O–H groups in total. The molecule has 0 aliphatic rings. The Morgan fingerprint density at radius 3 is 2.55 bits per heavy atom. The van der Waals surface area contributed by atoms with E-state index in [1.165, 1.54) is 19.9 Å². The summed E-state index contributed by atoms with van der Waals surface area (Å²) >= 11 is 5.56. The minimum Gasteiger partial charge on any atom is -0.481 e. The Hall–Kier alpha value is -1.18. The number of hydrogen-bond acceptors (Lipinski definition) is 3. The van der Waals surface area contributed by atoms with E-state index in [0.717, 1.165) is 12.1 Å². The number of sulfonamides is 1. The second-order valence-electron chi connectivity index (χ2n) is 4.96. The van der Waals surface area contributed by atoms with E-state index in [4.69, 9.17) is 16.7 Å². The third-order valence-electron chi connectivity index (χ3n) is 2.56. The van der Waals surface area contributed by atoms with E-state index in [1.807, 2.05) is 0 Å². The predicted octanol–water partition coefficient (Wildman–Crippen LogP) is 2.40. The normalized spacial score (nSPS) is 12.4. The molecule has 0 unspecified atom stereocenters. The molecule has 0 aliphatic heterocycles. The van der Waals surface area contributed by atoms with Gasteiger partial charge in [0.05, 0.1) is 0 Å². The molecule has 0 atom stereocenters. The van der Waals surface area contributed by atoms with Gasteiger partial charge in [0.15, 0.2) is 0 Å². The fraction of sp³-hybridized carbons (Fsp3) is 0.417. The monoisotopic (exact) mass is 323 g/mol. The summed E-state index contributed by atoms with van der Waals surface area (Å²) in [7, 11) is -4.09. The molecule has 5 nitrogen and oxygen atoms in total. The van der Waals surface area contributed by atoms with Crippen molar-refractivity contribution in [1.82, 2.24) is 4.72 Å². The summed E-state index contributed by atoms with van der Waals surface area (Å²) in [5.41, 5.74) is -1.01. The van der Waals surface area contributed by atoms with E-state index >= 15 is 0 Å². The first-order valence-corrected chi connectivity index (χ1v) is 7.60. The number of benzene rings is 1. The molecule has 0 fully saturated rings. The van der Waals surface area contributed by atoms with Crippen molar-refractivity contribution in [1.29, 1.82) is 0 Å². The first-order chi connectivity index (χ1) is 9.03. The number of aliphatic carboxylic acids is 1. The van der Waals surface area contributed by atoms with Gasteiger partial charge in [-0.1, -0.05) is 11.6 Å². The van der Waals surface area contributed by atoms with Crippen molar-refractivity contribution in [3.05, 3.63) is 29.0 Å². The minimum atomic E-state index is -4.09. The van der Waals surface area contributed by atoms with Crippen LogP contribution in [-0.2, 0) is 14.8 Å². The van der Waals surface area contributed by atoms with Gasteiger partial charge in [-0.2, -0.15) is 0 Å². The molecule has 0 spiro atoms. The zero-order valence-corrected chi connectivity index (χ0v) is 12.6. The molecule has 0 aromatic heterocycles. The summed E-state index contributed by atoms with van der Waals surface area (Å²) in [6, 6.07) is 3.23. The van der Waals surface area contributed by atoms with Crippen LogP contribution >= 0.6 is 11.6 Å². The maximum Gasteiger partial charge on any atom is 0.303 e. The Morgan fingerprint density at radius 1 is 1.45 bits per heavy atom. The first-order valence-electron chi connectivity index (χ1n) is 5.74. The van der Waals surface area contributed by atoms with Crippen molar-refractivity contribution in [3.63, 3.8) is 0 Å². The van der Waals surface area contributed by atoms with Crippen molar-refractivity contribution in [2.75, 3.05) is 0 Å². The molecule has 0 amide bonds. The zero-order chi connectivity index (χ0) is 15.6. The van der Waals surface area contributed by atoms with Crippen LogP contribution in [0.1, 0.15) is 26.7 Å². The smallest absolute Gasteiger partial charge is 0.303 e. The summed E-state index contributed by atoms with van der Waals surface area (Å²) in [6.45, 7) is 3.06. The standard InChI is InChI=1S/C12H15ClFNO4S/c1-12(2,6-5-11(16)17)15-20(18,19)10-4-3-8(13)7-9(10)14/h3-4,7,15H,5-6H2,1-2H3,(H,16,17). The van der Waals surface area contributed by atoms with E-state index < -0.39 is 32.2 Å². The molecule has 0 radical (unpaired) electrons. The van der Waals surface area contributed by atoms with E-state index in [9.17, 15) is 17.6 Å². The molecule has 0 aliphatic carbocycles. The summed E-state index contributed by atoms with van der Waals surface area (Å²) in [5, 5.41) is 8.70. The summed E-state index contributed by atoms with van der Waals surface area (Å²) < 4.78 is 40.1. The lowest BCUT2D eigenvalue weighted by Gasteiger charge is -2.25. The Kier molecular flexibility index (Phi) is 5.12. The van der Waals surface area contributed by atoms with Crippen molar-refractivity contribution < 1.29 is 22.7 Å². The molecule has 1 rings (SSSR count). The minimum absolute atomic E-state index is 0.0801. The highest BCUT2D eigenvalue weighted by Gasteiger charge is 2.28. The highest BCUT2D eigenvalue weighted by atomic mass is 35.5. The molecule has 0 saturated heterocycles. The Morgan fingerprint density at radius 2 is 2.05 bits per heavy atom. The molecular weight excluding hydrogens is 309 g/mol. The van der Waals surface area contributed by atoms with Crippen LogP contribution in [0.4, 0.5) is 4.39 Å². The summed E-state index contributed by atoms with van der Waals surface area (Å²) in [4.78, 5) is 10.00. The van der Waals surface area contributed by atoms with Crippen LogP contribution in [0, 0.1) is 5.82 Å². The average Bonchev–Trinajstić information content (AvgIpc) is 2.24. The number of halogens is 2. The molecular formula is C12H15ClFNO4S. The molecule has 0 heterocycles. The number of nitrogens with one attached hydrogen (secondary N) is 1. The van der Waals surface area contributed by atoms with E-state index in [-0.39, 0.29) is 17.9 Å². The highest BCUT2D eigenvalue weighted by molar-refractivity contribution is 7.89. The lowest BCUT2D eigenvalue weighted by Crippen LogP contribution is -2.43. The Labute approximate surface area is 121 Å². The third kappa shape index (κ3) is 4.73. The van der Waals surface area contributed by atoms with Gasteiger partial charge >= 0.3 is 5.97 Å². The van der Waals surface area contributed by atoms with Gasteiger partial charge in [0.25, 0.3) is 0 Å². The second kappa shape index (κ2) is 6.07. The topological polar surface area (TPSA) is 83.5 Å². The highest BCUT2D eigenvalue weighted by Crippen LogP contribution is 2.22. The molecule has 112 valence electrons. The van der Waals surface area contributed by atoms with Gasteiger partial charge in [-0.3, -0.25) is 4.79 Å². The Balaban J connectivity index is 2.97. The van der Waals surface area contributed by atoms with Gasteiger partial charge in [0, 0.05) is 17.0 Å². The molecule has 1 aromatic rings. The number of carboxylic acid groups (broad SMARTS) is 1. The predicted molar refractivity (Wildman–Crippen MR) is 72.7 cm³/mol. The van der Waals surface area contributed by atoms with Crippen LogP contribution in [-0.4, -0.2) is 25.0 Å². The van der Waals surface area contributed by atoms with Gasteiger partial charge in [-0.25, -0.2) is 17.5 Å². The van der Waals surface area contributed by atoms with Crippen LogP contribution in [0.25, 0.3) is 0 Å². The third-order valence-corrected chi connectivity index (χ3v) is 4.52. The SMILES string of the molecule is CC(C)(CCC(=O)O)NS(=O)(=O)c1ccc(Cl)cc1F. The molecule has 0 bridgehead atoms. The summed E-state index contributed by atoms with van der Waals surface area (Å²) in [6.07, 6.45) is -0.116. The lowest BCUT2D eigenvalue weighted by atomic mass is 10.0. The van der Waals surface area contributed by atoms with E-state index in [1.54, 1.807) is 0 Å². The van der Waals surface area contributed by atoms with Crippen LogP contribution in [0.15, 0.2) is 23.1 Å². The van der Waals surface area contributed by atoms with Crippen molar-refractivity contribution in [2.24, 2.45) is 0 Å². The van der Waals surface area contributed by atoms with Gasteiger partial charge in [0.1, 0.15) is 10.7 Å². The average molecular weight is 324 g/mol. The molecule has 20 heavy (non-hydrogen) atoms. The van der Waals surface area contributed by atoms with Crippen LogP contribution in [0.2, 0.25) is 5.02 Å². The maximum atomic E-state index is 13.6. The second-order valence-corrected chi connectivity index (χ2v) is 7.05. The van der Waals surface area contributed by atoms with Gasteiger partial charge in [0.2, 0.25) is 10.0 Å². The van der Waals surface area contributed by atoms with Crippen molar-refractivity contribution >= 4 is 27.6 Å². The van der Waals surface area contributed by atoms with Crippen LogP contribution in [0.3, 0.4) is 0 Å². The first kappa shape index (κ1) is 16.9. The van der Waals surface area contributed by atoms with Crippen molar-refractivity contribution in [3.8, 4) is 0 Å².